The SMILES string of the molecule is CCNC1CCN(C(=O)Cn2cc(NC(=O)/C(C(=N)N)=C3\N=CC=CN3)c(-c3cc(Cl)ccc3OC(F)F)n2)CC1. The molecule has 4 rings (SSSR count). The molecule has 1 fully saturated rings. The largest absolute Gasteiger partial charge is 0.434 e. The van der Waals surface area contributed by atoms with Crippen molar-refractivity contribution in [2.24, 2.45) is 10.7 Å². The number of nitrogens with one attached hydrogen (secondary N) is 4. The zero-order valence-corrected chi connectivity index (χ0v) is 22.9. The molecule has 1 aromatic heterocycles. The molecular weight excluding hydrogens is 560 g/mol. The third-order valence-electron chi connectivity index (χ3n) is 6.40. The lowest BCUT2D eigenvalue weighted by atomic mass is 10.1. The minimum atomic E-state index is -3.14. The number of ether oxygens (including phenoxy) is 1. The first-order chi connectivity index (χ1) is 19.7. The minimum Gasteiger partial charge on any atom is -0.434 e. The Bertz CT molecular complexity index is 1400. The Hall–Kier alpha value is -4.30. The number of nitrogens with two attached hydrogens (primary N) is 1. The molecule has 0 saturated carbocycles. The van der Waals surface area contributed by atoms with Crippen LogP contribution in [0.15, 0.2) is 53.1 Å². The van der Waals surface area contributed by atoms with Crippen molar-refractivity contribution in [3.63, 3.8) is 0 Å². The summed E-state index contributed by atoms with van der Waals surface area (Å²) in [5, 5.41) is 21.3. The normalized spacial score (nSPS) is 16.5. The van der Waals surface area contributed by atoms with Crippen molar-refractivity contribution in [2.75, 3.05) is 25.0 Å². The topological polar surface area (TPSA) is 163 Å². The molecule has 2 aromatic rings. The van der Waals surface area contributed by atoms with E-state index in [9.17, 15) is 18.4 Å². The van der Waals surface area contributed by atoms with E-state index in [1.807, 2.05) is 6.92 Å². The van der Waals surface area contributed by atoms with Crippen molar-refractivity contribution in [1.29, 1.82) is 5.41 Å². The summed E-state index contributed by atoms with van der Waals surface area (Å²) in [6.07, 6.45) is 7.54. The van der Waals surface area contributed by atoms with E-state index < -0.39 is 18.4 Å². The van der Waals surface area contributed by atoms with Crippen LogP contribution in [0.1, 0.15) is 19.8 Å². The number of hydrogen-bond donors (Lipinski definition) is 5. The summed E-state index contributed by atoms with van der Waals surface area (Å²) in [4.78, 5) is 32.2. The molecule has 0 aliphatic carbocycles. The van der Waals surface area contributed by atoms with Crippen LogP contribution < -0.4 is 26.4 Å². The van der Waals surface area contributed by atoms with Crippen LogP contribution in [0.5, 0.6) is 5.75 Å². The van der Waals surface area contributed by atoms with Gasteiger partial charge in [-0.25, -0.2) is 4.99 Å². The van der Waals surface area contributed by atoms with Crippen LogP contribution in [0.2, 0.25) is 5.02 Å². The molecule has 2 amide bonds. The first-order valence-electron chi connectivity index (χ1n) is 12.8. The molecule has 15 heteroatoms. The van der Waals surface area contributed by atoms with Crippen LogP contribution in [0.4, 0.5) is 14.5 Å². The molecule has 1 saturated heterocycles. The number of amides is 2. The van der Waals surface area contributed by atoms with E-state index >= 15 is 0 Å². The average molecular weight is 590 g/mol. The average Bonchev–Trinajstić information content (AvgIpc) is 3.32. The first kappa shape index (κ1) is 29.7. The van der Waals surface area contributed by atoms with Gasteiger partial charge in [0, 0.05) is 48.3 Å². The number of carbonyl (C=O) groups excluding carboxylic acids is 2. The molecule has 0 spiro atoms. The lowest BCUT2D eigenvalue weighted by Crippen LogP contribution is -2.45. The van der Waals surface area contributed by atoms with Gasteiger partial charge in [0.2, 0.25) is 5.91 Å². The Labute approximate surface area is 239 Å². The van der Waals surface area contributed by atoms with Gasteiger partial charge in [-0.05, 0) is 43.7 Å². The fraction of sp³-hybridized carbons (Fsp3) is 0.346. The predicted octanol–water partition coefficient (Wildman–Crippen LogP) is 2.68. The van der Waals surface area contributed by atoms with Crippen molar-refractivity contribution in [3.05, 3.63) is 53.1 Å². The number of hydrogen-bond acceptors (Lipinski definition) is 8. The second-order valence-corrected chi connectivity index (χ2v) is 9.63. The summed E-state index contributed by atoms with van der Waals surface area (Å²) >= 11 is 6.17. The second-order valence-electron chi connectivity index (χ2n) is 9.19. The molecule has 0 bridgehead atoms. The lowest BCUT2D eigenvalue weighted by Gasteiger charge is -2.32. The molecule has 2 aliphatic rings. The maximum absolute atomic E-state index is 13.3. The van der Waals surface area contributed by atoms with Crippen molar-refractivity contribution >= 4 is 41.2 Å². The van der Waals surface area contributed by atoms with Gasteiger partial charge in [0.1, 0.15) is 35.2 Å². The van der Waals surface area contributed by atoms with Crippen LogP contribution in [0, 0.1) is 5.41 Å². The summed E-state index contributed by atoms with van der Waals surface area (Å²) in [6.45, 7) is 0.729. The highest BCUT2D eigenvalue weighted by Gasteiger charge is 2.26. The quantitative estimate of drug-likeness (QED) is 0.162. The molecule has 0 unspecified atom stereocenters. The highest BCUT2D eigenvalue weighted by Crippen LogP contribution is 2.37. The lowest BCUT2D eigenvalue weighted by molar-refractivity contribution is -0.133. The fourth-order valence-corrected chi connectivity index (χ4v) is 4.72. The summed E-state index contributed by atoms with van der Waals surface area (Å²) in [6, 6.07) is 4.33. The van der Waals surface area contributed by atoms with E-state index in [0.29, 0.717) is 19.1 Å². The van der Waals surface area contributed by atoms with E-state index in [2.05, 4.69) is 30.8 Å². The van der Waals surface area contributed by atoms with Crippen LogP contribution in [0.3, 0.4) is 0 Å². The number of piperidine rings is 1. The monoisotopic (exact) mass is 589 g/mol. The van der Waals surface area contributed by atoms with Gasteiger partial charge in [-0.3, -0.25) is 19.7 Å². The number of aromatic nitrogens is 2. The molecule has 0 atom stereocenters. The van der Waals surface area contributed by atoms with E-state index in [1.54, 1.807) is 11.0 Å². The maximum atomic E-state index is 13.3. The Balaban J connectivity index is 1.67. The zero-order chi connectivity index (χ0) is 29.5. The van der Waals surface area contributed by atoms with E-state index in [1.165, 1.54) is 41.5 Å². The predicted molar refractivity (Wildman–Crippen MR) is 151 cm³/mol. The Morgan fingerprint density at radius 3 is 2.71 bits per heavy atom. The molecule has 6 N–H and O–H groups in total. The third kappa shape index (κ3) is 7.46. The summed E-state index contributed by atoms with van der Waals surface area (Å²) in [5.74, 6) is -1.78. The maximum Gasteiger partial charge on any atom is 0.387 e. The standard InChI is InChI=1S/C26H30ClF2N9O3/c1-2-32-16-6-10-37(11-7-16)20(39)14-38-13-18(35-25(40)21(23(30)31)24-33-8-3-9-34-24)22(36-38)17-12-15(27)4-5-19(17)41-26(28)29/h3-5,8-9,12-13,16,26,32-33H,2,6-7,10-11,14H2,1H3,(H3,30,31)(H,35,40)/b24-21-. The Morgan fingerprint density at radius 1 is 1.32 bits per heavy atom. The number of aliphatic imine (C=N–C) groups is 1. The van der Waals surface area contributed by atoms with Crippen molar-refractivity contribution in [2.45, 2.75) is 39.0 Å². The van der Waals surface area contributed by atoms with E-state index in [-0.39, 0.29) is 51.6 Å². The van der Waals surface area contributed by atoms with Crippen molar-refractivity contribution < 1.29 is 23.1 Å². The summed E-state index contributed by atoms with van der Waals surface area (Å²) in [5.41, 5.74) is 5.54. The van der Waals surface area contributed by atoms with Crippen LogP contribution in [-0.4, -0.2) is 70.8 Å². The number of amidine groups is 1. The molecule has 41 heavy (non-hydrogen) atoms. The number of rotatable bonds is 10. The van der Waals surface area contributed by atoms with Gasteiger partial charge in [0.05, 0.1) is 5.69 Å². The third-order valence-corrected chi connectivity index (χ3v) is 6.63. The van der Waals surface area contributed by atoms with Gasteiger partial charge in [0.25, 0.3) is 5.91 Å². The molecule has 1 aromatic carbocycles. The van der Waals surface area contributed by atoms with Crippen molar-refractivity contribution in [1.82, 2.24) is 25.3 Å². The molecule has 3 heterocycles. The van der Waals surface area contributed by atoms with Crippen LogP contribution in [0.25, 0.3) is 11.3 Å². The summed E-state index contributed by atoms with van der Waals surface area (Å²) < 4.78 is 32.4. The number of likely N-dealkylation sites (tertiary alicyclic amines) is 1. The smallest absolute Gasteiger partial charge is 0.387 e. The van der Waals surface area contributed by atoms with Gasteiger partial charge >= 0.3 is 6.61 Å². The molecule has 218 valence electrons. The molecule has 0 radical (unpaired) electrons. The number of carbonyl (C=O) groups is 2. The van der Waals surface area contributed by atoms with Crippen LogP contribution >= 0.6 is 11.6 Å². The first-order valence-corrected chi connectivity index (χ1v) is 13.2. The van der Waals surface area contributed by atoms with Gasteiger partial charge in [-0.15, -0.1) is 0 Å². The van der Waals surface area contributed by atoms with Gasteiger partial charge in [-0.2, -0.15) is 13.9 Å². The minimum absolute atomic E-state index is 0.0167. The van der Waals surface area contributed by atoms with Crippen LogP contribution in [-0.2, 0) is 16.1 Å². The number of anilines is 1. The van der Waals surface area contributed by atoms with E-state index in [4.69, 9.17) is 22.7 Å². The molecular formula is C26H30ClF2N9O3. The Morgan fingerprint density at radius 2 is 2.07 bits per heavy atom. The molecule has 12 nitrogen and oxygen atoms in total. The number of allylic oxidation sites excluding steroid dienone is 1. The number of nitrogens with zero attached hydrogens (tertiary/aromatic N) is 4. The number of alkyl halides is 2. The Kier molecular flexibility index (Phi) is 9.68. The van der Waals surface area contributed by atoms with Gasteiger partial charge in [0.15, 0.2) is 0 Å². The van der Waals surface area contributed by atoms with Gasteiger partial charge < -0.3 is 31.3 Å². The highest BCUT2D eigenvalue weighted by molar-refractivity contribution is 6.31. The van der Waals surface area contributed by atoms with Crippen molar-refractivity contribution in [3.8, 4) is 17.0 Å². The number of halogens is 3. The highest BCUT2D eigenvalue weighted by atomic mass is 35.5. The van der Waals surface area contributed by atoms with Gasteiger partial charge in [-0.1, -0.05) is 18.5 Å². The summed E-state index contributed by atoms with van der Waals surface area (Å²) in [7, 11) is 0. The second kappa shape index (κ2) is 13.4. The zero-order valence-electron chi connectivity index (χ0n) is 22.2. The molecule has 2 aliphatic heterocycles. The number of benzene rings is 1. The fourth-order valence-electron chi connectivity index (χ4n) is 4.54. The van der Waals surface area contributed by atoms with E-state index in [0.717, 1.165) is 19.4 Å².